The van der Waals surface area contributed by atoms with E-state index in [1.165, 1.54) is 11.1 Å². The van der Waals surface area contributed by atoms with Crippen LogP contribution < -0.4 is 11.2 Å². The fourth-order valence-corrected chi connectivity index (χ4v) is 1.62. The molecule has 0 saturated heterocycles. The Bertz CT molecular complexity index is 547. The van der Waals surface area contributed by atoms with E-state index in [4.69, 9.17) is 5.73 Å². The molecule has 0 aliphatic carbocycles. The summed E-state index contributed by atoms with van der Waals surface area (Å²) in [4.78, 5) is 0. The second-order valence-corrected chi connectivity index (χ2v) is 4.16. The van der Waals surface area contributed by atoms with Crippen LogP contribution in [-0.4, -0.2) is 11.3 Å². The monoisotopic (exact) mass is 255 g/mol. The highest BCUT2D eigenvalue weighted by molar-refractivity contribution is 7.80. The molecule has 0 fully saturated rings. The van der Waals surface area contributed by atoms with E-state index in [-0.39, 0.29) is 5.11 Å². The van der Waals surface area contributed by atoms with E-state index in [0.717, 1.165) is 5.56 Å². The van der Waals surface area contributed by atoms with Gasteiger partial charge in [0.25, 0.3) is 0 Å². The third-order valence-electron chi connectivity index (χ3n) is 2.41. The average molecular weight is 255 g/mol. The molecule has 0 spiro atoms. The van der Waals surface area contributed by atoms with Crippen molar-refractivity contribution in [2.75, 3.05) is 0 Å². The molecule has 0 bridgehead atoms. The molecule has 18 heavy (non-hydrogen) atoms. The summed E-state index contributed by atoms with van der Waals surface area (Å²) in [5, 5.41) is 4.06. The summed E-state index contributed by atoms with van der Waals surface area (Å²) in [6.45, 7) is 0. The van der Waals surface area contributed by atoms with Gasteiger partial charge in [0.05, 0.1) is 6.21 Å². The third kappa shape index (κ3) is 3.40. The first-order chi connectivity index (χ1) is 8.75. The molecule has 3 nitrogen and oxygen atoms in total. The van der Waals surface area contributed by atoms with Gasteiger partial charge in [-0.2, -0.15) is 5.10 Å². The van der Waals surface area contributed by atoms with Crippen LogP contribution in [0, 0.1) is 0 Å². The molecule has 3 N–H and O–H groups in total. The second-order valence-electron chi connectivity index (χ2n) is 3.72. The van der Waals surface area contributed by atoms with Gasteiger partial charge in [0.2, 0.25) is 0 Å². The number of hydrogen-bond donors (Lipinski definition) is 2. The minimum Gasteiger partial charge on any atom is -0.375 e. The molecule has 0 unspecified atom stereocenters. The molecule has 0 saturated carbocycles. The molecule has 0 heterocycles. The Balaban J connectivity index is 2.11. The molecular formula is C14H13N3S. The predicted molar refractivity (Wildman–Crippen MR) is 79.4 cm³/mol. The largest absolute Gasteiger partial charge is 0.375 e. The van der Waals surface area contributed by atoms with Gasteiger partial charge in [0.1, 0.15) is 0 Å². The van der Waals surface area contributed by atoms with E-state index in [1.54, 1.807) is 6.21 Å². The van der Waals surface area contributed by atoms with Crippen molar-refractivity contribution in [3.05, 3.63) is 60.2 Å². The summed E-state index contributed by atoms with van der Waals surface area (Å²) in [6.07, 6.45) is 1.67. The van der Waals surface area contributed by atoms with Gasteiger partial charge in [-0.25, -0.2) is 0 Å². The van der Waals surface area contributed by atoms with Crippen LogP contribution in [0.5, 0.6) is 0 Å². The smallest absolute Gasteiger partial charge is 0.184 e. The zero-order valence-electron chi connectivity index (χ0n) is 9.71. The van der Waals surface area contributed by atoms with Crippen LogP contribution in [0.25, 0.3) is 11.1 Å². The molecule has 0 aliphatic rings. The normalized spacial score (nSPS) is 10.4. The summed E-state index contributed by atoms with van der Waals surface area (Å²) in [5.41, 5.74) is 11.1. The highest BCUT2D eigenvalue weighted by atomic mass is 32.1. The molecule has 90 valence electrons. The summed E-state index contributed by atoms with van der Waals surface area (Å²) < 4.78 is 0. The van der Waals surface area contributed by atoms with Crippen molar-refractivity contribution < 1.29 is 0 Å². The van der Waals surface area contributed by atoms with Crippen molar-refractivity contribution >= 4 is 23.5 Å². The Morgan fingerprint density at radius 1 is 1.00 bits per heavy atom. The number of rotatable bonds is 3. The quantitative estimate of drug-likeness (QED) is 0.503. The number of hydrogen-bond acceptors (Lipinski definition) is 2. The Morgan fingerprint density at radius 2 is 1.61 bits per heavy atom. The van der Waals surface area contributed by atoms with E-state index in [0.29, 0.717) is 0 Å². The lowest BCUT2D eigenvalue weighted by Crippen LogP contribution is -2.23. The minimum absolute atomic E-state index is 0.159. The van der Waals surface area contributed by atoms with Gasteiger partial charge in [0, 0.05) is 0 Å². The highest BCUT2D eigenvalue weighted by Crippen LogP contribution is 2.18. The van der Waals surface area contributed by atoms with Crippen LogP contribution in [0.3, 0.4) is 0 Å². The molecule has 4 heteroatoms. The maximum atomic E-state index is 5.26. The Labute approximate surface area is 111 Å². The van der Waals surface area contributed by atoms with Crippen molar-refractivity contribution in [2.24, 2.45) is 10.8 Å². The summed E-state index contributed by atoms with van der Waals surface area (Å²) in [6, 6.07) is 18.3. The Hall–Kier alpha value is -2.20. The Morgan fingerprint density at radius 3 is 2.22 bits per heavy atom. The molecule has 2 rings (SSSR count). The topological polar surface area (TPSA) is 50.4 Å². The molecule has 2 aromatic carbocycles. The first kappa shape index (κ1) is 12.3. The fourth-order valence-electron chi connectivity index (χ4n) is 1.56. The number of benzene rings is 2. The van der Waals surface area contributed by atoms with E-state index in [1.807, 2.05) is 30.3 Å². The van der Waals surface area contributed by atoms with E-state index < -0.39 is 0 Å². The van der Waals surface area contributed by atoms with Crippen LogP contribution >= 0.6 is 12.2 Å². The number of nitrogens with one attached hydrogen (secondary N) is 1. The molecular weight excluding hydrogens is 242 g/mol. The number of thiocarbonyl (C=S) groups is 1. The van der Waals surface area contributed by atoms with Crippen LogP contribution in [0.1, 0.15) is 5.56 Å². The first-order valence-corrected chi connectivity index (χ1v) is 5.90. The van der Waals surface area contributed by atoms with Crippen LogP contribution in [0.4, 0.5) is 0 Å². The van der Waals surface area contributed by atoms with Crippen molar-refractivity contribution in [1.82, 2.24) is 5.43 Å². The van der Waals surface area contributed by atoms with Gasteiger partial charge in [-0.1, -0.05) is 54.6 Å². The van der Waals surface area contributed by atoms with Gasteiger partial charge in [-0.05, 0) is 28.9 Å². The molecule has 0 radical (unpaired) electrons. The lowest BCUT2D eigenvalue weighted by molar-refractivity contribution is 1.04. The molecule has 0 aliphatic heterocycles. The number of nitrogens with zero attached hydrogens (tertiary/aromatic N) is 1. The van der Waals surface area contributed by atoms with Crippen molar-refractivity contribution in [3.8, 4) is 11.1 Å². The van der Waals surface area contributed by atoms with Crippen LogP contribution in [0.2, 0.25) is 0 Å². The zero-order valence-corrected chi connectivity index (χ0v) is 10.5. The average Bonchev–Trinajstić information content (AvgIpc) is 2.40. The molecule has 0 amide bonds. The second kappa shape index (κ2) is 5.93. The summed E-state index contributed by atoms with van der Waals surface area (Å²) >= 11 is 4.65. The van der Waals surface area contributed by atoms with Gasteiger partial charge in [0.15, 0.2) is 5.11 Å². The maximum absolute atomic E-state index is 5.26. The van der Waals surface area contributed by atoms with E-state index in [9.17, 15) is 0 Å². The van der Waals surface area contributed by atoms with E-state index >= 15 is 0 Å². The standard InChI is InChI=1S/C14H13N3S/c15-14(18)17-16-10-11-6-8-13(9-7-11)12-4-2-1-3-5-12/h1-10H,(H3,15,17,18)/b16-10-. The van der Waals surface area contributed by atoms with Crippen molar-refractivity contribution in [3.63, 3.8) is 0 Å². The van der Waals surface area contributed by atoms with Crippen LogP contribution in [-0.2, 0) is 0 Å². The maximum Gasteiger partial charge on any atom is 0.184 e. The summed E-state index contributed by atoms with van der Waals surface area (Å²) in [7, 11) is 0. The molecule has 2 aromatic rings. The number of hydrazone groups is 1. The number of nitrogens with two attached hydrogens (primary N) is 1. The minimum atomic E-state index is 0.159. The lowest BCUT2D eigenvalue weighted by Gasteiger charge is -2.01. The highest BCUT2D eigenvalue weighted by Gasteiger charge is 1.95. The Kier molecular flexibility index (Phi) is 4.04. The van der Waals surface area contributed by atoms with Crippen molar-refractivity contribution in [2.45, 2.75) is 0 Å². The lowest BCUT2D eigenvalue weighted by atomic mass is 10.0. The first-order valence-electron chi connectivity index (χ1n) is 5.50. The molecule has 0 aromatic heterocycles. The predicted octanol–water partition coefficient (Wildman–Crippen LogP) is 2.52. The van der Waals surface area contributed by atoms with Gasteiger partial charge in [-0.3, -0.25) is 5.43 Å². The van der Waals surface area contributed by atoms with Gasteiger partial charge >= 0.3 is 0 Å². The van der Waals surface area contributed by atoms with Gasteiger partial charge < -0.3 is 5.73 Å². The van der Waals surface area contributed by atoms with Gasteiger partial charge in [-0.15, -0.1) is 0 Å². The fraction of sp³-hybridized carbons (Fsp3) is 0. The zero-order chi connectivity index (χ0) is 12.8. The summed E-state index contributed by atoms with van der Waals surface area (Å²) in [5.74, 6) is 0. The third-order valence-corrected chi connectivity index (χ3v) is 2.50. The SMILES string of the molecule is NC(=S)N/N=C\c1ccc(-c2ccccc2)cc1. The van der Waals surface area contributed by atoms with Crippen LogP contribution in [0.15, 0.2) is 59.7 Å². The van der Waals surface area contributed by atoms with Crippen molar-refractivity contribution in [1.29, 1.82) is 0 Å². The molecule has 0 atom stereocenters. The van der Waals surface area contributed by atoms with E-state index in [2.05, 4.69) is 47.0 Å².